The average molecular weight is 376 g/mol. The van der Waals surface area contributed by atoms with Crippen molar-refractivity contribution >= 4 is 29.0 Å². The molecule has 0 unspecified atom stereocenters. The van der Waals surface area contributed by atoms with Gasteiger partial charge in [-0.25, -0.2) is 4.98 Å². The van der Waals surface area contributed by atoms with Crippen LogP contribution in [0, 0.1) is 0 Å². The largest absolute Gasteiger partial charge is 0.504 e. The number of halogens is 2. The van der Waals surface area contributed by atoms with E-state index in [2.05, 4.69) is 15.3 Å². The Morgan fingerprint density at radius 1 is 1.08 bits per heavy atom. The van der Waals surface area contributed by atoms with Crippen molar-refractivity contribution in [2.45, 2.75) is 6.54 Å². The first kappa shape index (κ1) is 17.3. The molecule has 0 radical (unpaired) electrons. The van der Waals surface area contributed by atoms with E-state index in [0.29, 0.717) is 33.9 Å². The first-order chi connectivity index (χ1) is 12.1. The minimum absolute atomic E-state index is 0.0769. The Labute approximate surface area is 155 Å². The molecule has 1 heterocycles. The zero-order valence-electron chi connectivity index (χ0n) is 13.3. The van der Waals surface area contributed by atoms with E-state index in [1.165, 1.54) is 7.11 Å². The summed E-state index contributed by atoms with van der Waals surface area (Å²) >= 11 is 11.9. The van der Waals surface area contributed by atoms with Crippen molar-refractivity contribution in [1.29, 1.82) is 0 Å². The van der Waals surface area contributed by atoms with Gasteiger partial charge in [0.2, 0.25) is 0 Å². The number of aromatic hydroxyl groups is 1. The maximum atomic E-state index is 9.70. The molecule has 3 aromatic rings. The standard InChI is InChI=1S/C18H15Cl2N3O2/c1-25-17-7-12(3-5-16(17)24)15-9-21-10-18(23-15)22-8-11-2-4-13(19)14(20)6-11/h2-7,9-10,24H,8H2,1H3,(H,22,23). The second kappa shape index (κ2) is 7.59. The van der Waals surface area contributed by atoms with Crippen molar-refractivity contribution in [3.63, 3.8) is 0 Å². The molecule has 0 fully saturated rings. The van der Waals surface area contributed by atoms with Crippen LogP contribution in [-0.4, -0.2) is 22.2 Å². The number of methoxy groups -OCH3 is 1. The van der Waals surface area contributed by atoms with Gasteiger partial charge in [0.1, 0.15) is 5.82 Å². The van der Waals surface area contributed by atoms with Gasteiger partial charge in [0.05, 0.1) is 35.2 Å². The van der Waals surface area contributed by atoms with Crippen LogP contribution in [0.3, 0.4) is 0 Å². The molecule has 5 nitrogen and oxygen atoms in total. The summed E-state index contributed by atoms with van der Waals surface area (Å²) in [4.78, 5) is 8.74. The zero-order chi connectivity index (χ0) is 17.8. The van der Waals surface area contributed by atoms with E-state index in [-0.39, 0.29) is 5.75 Å². The van der Waals surface area contributed by atoms with Crippen molar-refractivity contribution in [3.05, 3.63) is 64.4 Å². The van der Waals surface area contributed by atoms with Gasteiger partial charge in [-0.15, -0.1) is 0 Å². The van der Waals surface area contributed by atoms with E-state index in [0.717, 1.165) is 11.1 Å². The van der Waals surface area contributed by atoms with Gasteiger partial charge < -0.3 is 15.2 Å². The minimum Gasteiger partial charge on any atom is -0.504 e. The summed E-state index contributed by atoms with van der Waals surface area (Å²) in [6.07, 6.45) is 3.29. The number of phenolic OH excluding ortho intramolecular Hbond substituents is 1. The average Bonchev–Trinajstić information content (AvgIpc) is 2.63. The number of phenols is 1. The quantitative estimate of drug-likeness (QED) is 0.671. The molecule has 3 rings (SSSR count). The molecule has 0 saturated carbocycles. The zero-order valence-corrected chi connectivity index (χ0v) is 14.8. The lowest BCUT2D eigenvalue weighted by Crippen LogP contribution is -2.02. The van der Waals surface area contributed by atoms with Gasteiger partial charge in [-0.3, -0.25) is 4.98 Å². The number of hydrogen-bond donors (Lipinski definition) is 2. The number of ether oxygens (including phenoxy) is 1. The Bertz CT molecular complexity index is 903. The fraction of sp³-hybridized carbons (Fsp3) is 0.111. The first-order valence-electron chi connectivity index (χ1n) is 7.44. The minimum atomic E-state index is 0.0769. The summed E-state index contributed by atoms with van der Waals surface area (Å²) in [5, 5.41) is 13.9. The van der Waals surface area contributed by atoms with Crippen LogP contribution >= 0.6 is 23.2 Å². The van der Waals surface area contributed by atoms with E-state index in [1.807, 2.05) is 6.07 Å². The highest BCUT2D eigenvalue weighted by Crippen LogP contribution is 2.30. The Balaban J connectivity index is 1.78. The lowest BCUT2D eigenvalue weighted by atomic mass is 10.1. The summed E-state index contributed by atoms with van der Waals surface area (Å²) in [7, 11) is 1.50. The molecular weight excluding hydrogens is 361 g/mol. The topological polar surface area (TPSA) is 67.3 Å². The van der Waals surface area contributed by atoms with Gasteiger partial charge in [-0.2, -0.15) is 0 Å². The molecule has 0 atom stereocenters. The van der Waals surface area contributed by atoms with Crippen molar-refractivity contribution < 1.29 is 9.84 Å². The van der Waals surface area contributed by atoms with Crippen molar-refractivity contribution in [2.75, 3.05) is 12.4 Å². The Morgan fingerprint density at radius 2 is 1.92 bits per heavy atom. The molecule has 0 spiro atoms. The van der Waals surface area contributed by atoms with E-state index in [9.17, 15) is 5.11 Å². The monoisotopic (exact) mass is 375 g/mol. The van der Waals surface area contributed by atoms with E-state index in [1.54, 1.807) is 42.7 Å². The molecule has 2 N–H and O–H groups in total. The van der Waals surface area contributed by atoms with Gasteiger partial charge in [0, 0.05) is 12.1 Å². The third-order valence-corrected chi connectivity index (χ3v) is 4.31. The molecule has 25 heavy (non-hydrogen) atoms. The van der Waals surface area contributed by atoms with Crippen LogP contribution in [0.4, 0.5) is 5.82 Å². The molecule has 2 aromatic carbocycles. The Morgan fingerprint density at radius 3 is 2.68 bits per heavy atom. The molecule has 0 aliphatic carbocycles. The number of rotatable bonds is 5. The molecule has 1 aromatic heterocycles. The van der Waals surface area contributed by atoms with Gasteiger partial charge >= 0.3 is 0 Å². The fourth-order valence-corrected chi connectivity index (χ4v) is 2.59. The SMILES string of the molecule is COc1cc(-c2cncc(NCc3ccc(Cl)c(Cl)c3)n2)ccc1O. The predicted octanol–water partition coefficient (Wildman–Crippen LogP) is 4.78. The Hall–Kier alpha value is -2.50. The highest BCUT2D eigenvalue weighted by molar-refractivity contribution is 6.42. The number of nitrogens with zero attached hydrogens (tertiary/aromatic N) is 2. The molecule has 0 saturated heterocycles. The first-order valence-corrected chi connectivity index (χ1v) is 8.19. The molecule has 128 valence electrons. The van der Waals surface area contributed by atoms with Crippen LogP contribution in [0.15, 0.2) is 48.8 Å². The number of anilines is 1. The lowest BCUT2D eigenvalue weighted by molar-refractivity contribution is 0.373. The van der Waals surface area contributed by atoms with E-state index >= 15 is 0 Å². The Kier molecular flexibility index (Phi) is 5.26. The molecule has 7 heteroatoms. The van der Waals surface area contributed by atoms with E-state index < -0.39 is 0 Å². The second-order valence-corrected chi connectivity index (χ2v) is 6.09. The highest BCUT2D eigenvalue weighted by atomic mass is 35.5. The maximum Gasteiger partial charge on any atom is 0.161 e. The van der Waals surface area contributed by atoms with Crippen LogP contribution in [0.1, 0.15) is 5.56 Å². The maximum absolute atomic E-state index is 9.70. The summed E-state index contributed by atoms with van der Waals surface area (Å²) in [5.41, 5.74) is 2.44. The van der Waals surface area contributed by atoms with Gasteiger partial charge in [-0.05, 0) is 35.9 Å². The summed E-state index contributed by atoms with van der Waals surface area (Å²) < 4.78 is 5.13. The number of aromatic nitrogens is 2. The third kappa shape index (κ3) is 4.13. The van der Waals surface area contributed by atoms with Crippen molar-refractivity contribution in [3.8, 4) is 22.8 Å². The van der Waals surface area contributed by atoms with Crippen LogP contribution in [0.5, 0.6) is 11.5 Å². The van der Waals surface area contributed by atoms with Crippen LogP contribution < -0.4 is 10.1 Å². The second-order valence-electron chi connectivity index (χ2n) is 5.28. The highest BCUT2D eigenvalue weighted by Gasteiger charge is 2.07. The predicted molar refractivity (Wildman–Crippen MR) is 99.5 cm³/mol. The molecular formula is C18H15Cl2N3O2. The smallest absolute Gasteiger partial charge is 0.161 e. The number of benzene rings is 2. The molecule has 0 bridgehead atoms. The van der Waals surface area contributed by atoms with E-state index in [4.69, 9.17) is 27.9 Å². The normalized spacial score (nSPS) is 10.5. The fourth-order valence-electron chi connectivity index (χ4n) is 2.27. The van der Waals surface area contributed by atoms with Gasteiger partial charge in [0.25, 0.3) is 0 Å². The molecule has 0 aliphatic heterocycles. The van der Waals surface area contributed by atoms with Crippen LogP contribution in [0.25, 0.3) is 11.3 Å². The molecule has 0 amide bonds. The summed E-state index contributed by atoms with van der Waals surface area (Å²) in [6.45, 7) is 0.536. The summed E-state index contributed by atoms with van der Waals surface area (Å²) in [6, 6.07) is 10.5. The van der Waals surface area contributed by atoms with Gasteiger partial charge in [0.15, 0.2) is 11.5 Å². The summed E-state index contributed by atoms with van der Waals surface area (Å²) in [5.74, 6) is 1.08. The number of nitrogens with one attached hydrogen (secondary N) is 1. The van der Waals surface area contributed by atoms with Crippen molar-refractivity contribution in [1.82, 2.24) is 9.97 Å². The van der Waals surface area contributed by atoms with Crippen LogP contribution in [0.2, 0.25) is 10.0 Å². The van der Waals surface area contributed by atoms with Crippen molar-refractivity contribution in [2.24, 2.45) is 0 Å². The number of hydrogen-bond acceptors (Lipinski definition) is 5. The van der Waals surface area contributed by atoms with Crippen LogP contribution in [-0.2, 0) is 6.54 Å². The van der Waals surface area contributed by atoms with Gasteiger partial charge in [-0.1, -0.05) is 29.3 Å². The molecule has 0 aliphatic rings. The lowest BCUT2D eigenvalue weighted by Gasteiger charge is -2.09. The third-order valence-electron chi connectivity index (χ3n) is 3.57.